The maximum Gasteiger partial charge on any atom is 0.303 e. The van der Waals surface area contributed by atoms with E-state index in [4.69, 9.17) is 9.94 Å². The minimum absolute atomic E-state index is 0.154. The lowest BCUT2D eigenvalue weighted by molar-refractivity contribution is -0.137. The predicted octanol–water partition coefficient (Wildman–Crippen LogP) is 3.11. The Morgan fingerprint density at radius 2 is 1.86 bits per heavy atom. The van der Waals surface area contributed by atoms with Gasteiger partial charge in [0.05, 0.1) is 0 Å². The molecule has 1 N–H and O–H groups in total. The summed E-state index contributed by atoms with van der Waals surface area (Å²) in [5.74, 6) is -0.788. The Kier molecular flexibility index (Phi) is 6.11. The molecule has 0 aliphatic carbocycles. The van der Waals surface area contributed by atoms with Crippen LogP contribution in [0.25, 0.3) is 0 Å². The van der Waals surface area contributed by atoms with Crippen LogP contribution in [0.2, 0.25) is 0 Å². The Labute approximate surface area is 129 Å². The fraction of sp³-hybridized carbons (Fsp3) is 0.235. The summed E-state index contributed by atoms with van der Waals surface area (Å²) in [5.41, 5.74) is 2.53. The van der Waals surface area contributed by atoms with Crippen molar-refractivity contribution in [1.82, 2.24) is 4.98 Å². The van der Waals surface area contributed by atoms with Crippen molar-refractivity contribution in [3.63, 3.8) is 0 Å². The standard InChI is InChI=1S/C17H18N2O3/c20-16(21)10-4-5-12-22-19-17(14-7-2-1-3-8-14)15-9-6-11-18-13-15/h1-3,6-9,11,13H,4-5,10,12H2,(H,20,21)/b19-17+. The molecule has 0 saturated heterocycles. The maximum absolute atomic E-state index is 10.4. The lowest BCUT2D eigenvalue weighted by Crippen LogP contribution is -2.05. The summed E-state index contributed by atoms with van der Waals surface area (Å²) in [6.45, 7) is 0.393. The molecule has 0 aliphatic heterocycles. The van der Waals surface area contributed by atoms with Gasteiger partial charge < -0.3 is 9.94 Å². The van der Waals surface area contributed by atoms with E-state index in [2.05, 4.69) is 10.1 Å². The lowest BCUT2D eigenvalue weighted by atomic mass is 10.0. The first-order chi connectivity index (χ1) is 10.8. The van der Waals surface area contributed by atoms with E-state index >= 15 is 0 Å². The number of carboxylic acid groups (broad SMARTS) is 1. The van der Waals surface area contributed by atoms with E-state index in [0.717, 1.165) is 11.1 Å². The first-order valence-corrected chi connectivity index (χ1v) is 7.15. The number of unbranched alkanes of at least 4 members (excludes halogenated alkanes) is 1. The van der Waals surface area contributed by atoms with Gasteiger partial charge in [-0.1, -0.05) is 35.5 Å². The number of carboxylic acids is 1. The highest BCUT2D eigenvalue weighted by molar-refractivity contribution is 6.12. The van der Waals surface area contributed by atoms with Gasteiger partial charge in [0.2, 0.25) is 0 Å². The molecule has 5 nitrogen and oxygen atoms in total. The molecule has 114 valence electrons. The van der Waals surface area contributed by atoms with Crippen LogP contribution >= 0.6 is 0 Å². The molecular weight excluding hydrogens is 280 g/mol. The number of carbonyl (C=O) groups is 1. The summed E-state index contributed by atoms with van der Waals surface area (Å²) in [7, 11) is 0. The third kappa shape index (κ3) is 5.01. The lowest BCUT2D eigenvalue weighted by Gasteiger charge is -2.07. The van der Waals surface area contributed by atoms with E-state index < -0.39 is 5.97 Å². The van der Waals surface area contributed by atoms with Crippen molar-refractivity contribution in [3.8, 4) is 0 Å². The van der Waals surface area contributed by atoms with Crippen molar-refractivity contribution in [1.29, 1.82) is 0 Å². The van der Waals surface area contributed by atoms with E-state index in [-0.39, 0.29) is 6.42 Å². The second-order valence-electron chi connectivity index (χ2n) is 4.73. The van der Waals surface area contributed by atoms with Gasteiger partial charge in [0.15, 0.2) is 0 Å². The van der Waals surface area contributed by atoms with Gasteiger partial charge in [-0.3, -0.25) is 9.78 Å². The molecule has 1 heterocycles. The topological polar surface area (TPSA) is 71.8 Å². The minimum Gasteiger partial charge on any atom is -0.481 e. The number of nitrogens with zero attached hydrogens (tertiary/aromatic N) is 2. The Hall–Kier alpha value is -2.69. The number of benzene rings is 1. The number of hydrogen-bond donors (Lipinski definition) is 1. The SMILES string of the molecule is O=C(O)CCCCO/N=C(\c1ccccc1)c1cccnc1. The highest BCUT2D eigenvalue weighted by atomic mass is 16.6. The van der Waals surface area contributed by atoms with Crippen LogP contribution in [0.5, 0.6) is 0 Å². The average Bonchev–Trinajstić information content (AvgIpc) is 2.55. The van der Waals surface area contributed by atoms with Crippen LogP contribution in [0.4, 0.5) is 0 Å². The largest absolute Gasteiger partial charge is 0.481 e. The van der Waals surface area contributed by atoms with Crippen molar-refractivity contribution in [3.05, 3.63) is 66.0 Å². The molecule has 5 heteroatoms. The number of hydrogen-bond acceptors (Lipinski definition) is 4. The average molecular weight is 298 g/mol. The van der Waals surface area contributed by atoms with Crippen LogP contribution in [-0.2, 0) is 9.63 Å². The second kappa shape index (κ2) is 8.56. The summed E-state index contributed by atoms with van der Waals surface area (Å²) in [5, 5.41) is 12.8. The Balaban J connectivity index is 2.02. The van der Waals surface area contributed by atoms with Crippen molar-refractivity contribution in [2.24, 2.45) is 5.16 Å². The van der Waals surface area contributed by atoms with Crippen LogP contribution in [0.3, 0.4) is 0 Å². The number of aliphatic carboxylic acids is 1. The minimum atomic E-state index is -0.788. The normalized spacial score (nSPS) is 11.2. The van der Waals surface area contributed by atoms with Gasteiger partial charge in [0.25, 0.3) is 0 Å². The molecule has 0 aliphatic rings. The van der Waals surface area contributed by atoms with Crippen LogP contribution in [0.15, 0.2) is 60.0 Å². The molecule has 0 unspecified atom stereocenters. The van der Waals surface area contributed by atoms with Crippen LogP contribution < -0.4 is 0 Å². The zero-order valence-corrected chi connectivity index (χ0v) is 12.2. The zero-order chi connectivity index (χ0) is 15.6. The maximum atomic E-state index is 10.4. The molecule has 0 saturated carbocycles. The molecule has 0 amide bonds. The molecule has 2 aromatic rings. The predicted molar refractivity (Wildman–Crippen MR) is 83.8 cm³/mol. The molecule has 0 bridgehead atoms. The third-order valence-electron chi connectivity index (χ3n) is 3.01. The zero-order valence-electron chi connectivity index (χ0n) is 12.2. The Morgan fingerprint density at radius 3 is 2.55 bits per heavy atom. The molecule has 1 aromatic carbocycles. The summed E-state index contributed by atoms with van der Waals surface area (Å²) in [6, 6.07) is 13.5. The van der Waals surface area contributed by atoms with Gasteiger partial charge in [0, 0.05) is 29.9 Å². The summed E-state index contributed by atoms with van der Waals surface area (Å²) in [6.07, 6.45) is 4.84. The molecule has 0 fully saturated rings. The molecule has 22 heavy (non-hydrogen) atoms. The van der Waals surface area contributed by atoms with E-state index in [1.165, 1.54) is 0 Å². The number of pyridine rings is 1. The highest BCUT2D eigenvalue weighted by Crippen LogP contribution is 2.10. The van der Waals surface area contributed by atoms with Crippen LogP contribution in [0, 0.1) is 0 Å². The number of rotatable bonds is 8. The fourth-order valence-electron chi connectivity index (χ4n) is 1.92. The monoisotopic (exact) mass is 298 g/mol. The van der Waals surface area contributed by atoms with Gasteiger partial charge in [-0.05, 0) is 25.0 Å². The van der Waals surface area contributed by atoms with Crippen LogP contribution in [0.1, 0.15) is 30.4 Å². The van der Waals surface area contributed by atoms with Gasteiger partial charge >= 0.3 is 5.97 Å². The van der Waals surface area contributed by atoms with Crippen molar-refractivity contribution < 1.29 is 14.7 Å². The summed E-state index contributed by atoms with van der Waals surface area (Å²) < 4.78 is 0. The molecular formula is C17H18N2O3. The number of oxime groups is 1. The Morgan fingerprint density at radius 1 is 1.09 bits per heavy atom. The quantitative estimate of drug-likeness (QED) is 0.462. The Bertz CT molecular complexity index is 571. The van der Waals surface area contributed by atoms with E-state index in [1.54, 1.807) is 12.4 Å². The van der Waals surface area contributed by atoms with E-state index in [0.29, 0.717) is 25.2 Å². The smallest absolute Gasteiger partial charge is 0.303 e. The van der Waals surface area contributed by atoms with Crippen molar-refractivity contribution in [2.45, 2.75) is 19.3 Å². The first-order valence-electron chi connectivity index (χ1n) is 7.15. The number of aromatic nitrogens is 1. The molecule has 2 rings (SSSR count). The molecule has 0 radical (unpaired) electrons. The fourth-order valence-corrected chi connectivity index (χ4v) is 1.92. The molecule has 0 spiro atoms. The molecule has 1 aromatic heterocycles. The summed E-state index contributed by atoms with van der Waals surface area (Å²) in [4.78, 5) is 19.9. The summed E-state index contributed by atoms with van der Waals surface area (Å²) >= 11 is 0. The van der Waals surface area contributed by atoms with Gasteiger partial charge in [-0.25, -0.2) is 0 Å². The first kappa shape index (κ1) is 15.7. The van der Waals surface area contributed by atoms with Crippen molar-refractivity contribution >= 4 is 11.7 Å². The van der Waals surface area contributed by atoms with E-state index in [1.807, 2.05) is 42.5 Å². The second-order valence-corrected chi connectivity index (χ2v) is 4.73. The third-order valence-corrected chi connectivity index (χ3v) is 3.01. The van der Waals surface area contributed by atoms with Gasteiger partial charge in [0.1, 0.15) is 12.3 Å². The van der Waals surface area contributed by atoms with Gasteiger partial charge in [-0.15, -0.1) is 0 Å². The van der Waals surface area contributed by atoms with Gasteiger partial charge in [-0.2, -0.15) is 0 Å². The van der Waals surface area contributed by atoms with E-state index in [9.17, 15) is 4.79 Å². The highest BCUT2D eigenvalue weighted by Gasteiger charge is 2.07. The van der Waals surface area contributed by atoms with Crippen molar-refractivity contribution in [2.75, 3.05) is 6.61 Å². The molecule has 0 atom stereocenters. The van der Waals surface area contributed by atoms with Crippen LogP contribution in [-0.4, -0.2) is 28.4 Å².